The van der Waals surface area contributed by atoms with Gasteiger partial charge >= 0.3 is 0 Å². The zero-order valence-corrected chi connectivity index (χ0v) is 12.1. The van der Waals surface area contributed by atoms with Crippen LogP contribution >= 0.6 is 0 Å². The molecule has 1 unspecified atom stereocenters. The summed E-state index contributed by atoms with van der Waals surface area (Å²) in [5, 5.41) is 19.7. The van der Waals surface area contributed by atoms with Gasteiger partial charge in [0, 0.05) is 25.6 Å². The van der Waals surface area contributed by atoms with Gasteiger partial charge in [-0.25, -0.2) is 0 Å². The average molecular weight is 289 g/mol. The summed E-state index contributed by atoms with van der Waals surface area (Å²) in [6.45, 7) is 4.78. The third-order valence-electron chi connectivity index (χ3n) is 3.22. The Bertz CT molecular complexity index is 552. The van der Waals surface area contributed by atoms with Gasteiger partial charge in [-0.3, -0.25) is 9.48 Å². The molecule has 7 nitrogen and oxygen atoms in total. The highest BCUT2D eigenvalue weighted by molar-refractivity contribution is 6.01. The minimum absolute atomic E-state index is 0.0414. The fourth-order valence-corrected chi connectivity index (χ4v) is 2.09. The van der Waals surface area contributed by atoms with Crippen molar-refractivity contribution in [2.24, 2.45) is 5.92 Å². The van der Waals surface area contributed by atoms with E-state index in [9.17, 15) is 4.79 Å². The van der Waals surface area contributed by atoms with Crippen molar-refractivity contribution in [2.75, 3.05) is 19.8 Å². The van der Waals surface area contributed by atoms with E-state index in [0.717, 1.165) is 32.6 Å². The van der Waals surface area contributed by atoms with Gasteiger partial charge in [0.05, 0.1) is 12.8 Å². The van der Waals surface area contributed by atoms with Crippen LogP contribution in [0.5, 0.6) is 0 Å². The van der Waals surface area contributed by atoms with E-state index in [1.807, 2.05) is 13.0 Å². The number of rotatable bonds is 6. The molecule has 0 bridgehead atoms. The molecule has 1 amide bonds. The van der Waals surface area contributed by atoms with Gasteiger partial charge in [-0.05, 0) is 18.9 Å². The van der Waals surface area contributed by atoms with Crippen LogP contribution in [0.2, 0.25) is 0 Å². The fraction of sp³-hybridized carbons (Fsp3) is 0.571. The molecular weight excluding hydrogens is 270 g/mol. The van der Waals surface area contributed by atoms with E-state index < -0.39 is 0 Å². The maximum absolute atomic E-state index is 11.7. The second-order valence-corrected chi connectivity index (χ2v) is 5.02. The number of nitriles is 1. The molecule has 1 atom stereocenters. The first-order chi connectivity index (χ1) is 10.2. The number of amides is 1. The maximum Gasteiger partial charge on any atom is 0.262 e. The van der Waals surface area contributed by atoms with Crippen molar-refractivity contribution in [1.82, 2.24) is 20.3 Å². The SMILES string of the molecule is CCCNC(=O)/C(C#N)=C\c1cn(CC2CCOC2)nn1. The number of nitrogens with one attached hydrogen (secondary N) is 1. The van der Waals surface area contributed by atoms with Crippen LogP contribution in [-0.4, -0.2) is 40.7 Å². The first-order valence-electron chi connectivity index (χ1n) is 7.10. The van der Waals surface area contributed by atoms with E-state index in [1.165, 1.54) is 6.08 Å². The molecule has 1 saturated heterocycles. The largest absolute Gasteiger partial charge is 0.381 e. The molecule has 0 spiro atoms. The van der Waals surface area contributed by atoms with Gasteiger partial charge in [0.15, 0.2) is 0 Å². The molecule has 1 fully saturated rings. The molecule has 7 heteroatoms. The lowest BCUT2D eigenvalue weighted by molar-refractivity contribution is -0.117. The second-order valence-electron chi connectivity index (χ2n) is 5.02. The minimum Gasteiger partial charge on any atom is -0.381 e. The molecule has 1 aromatic heterocycles. The fourth-order valence-electron chi connectivity index (χ4n) is 2.09. The molecule has 1 aliphatic rings. The van der Waals surface area contributed by atoms with Crippen molar-refractivity contribution >= 4 is 12.0 Å². The van der Waals surface area contributed by atoms with E-state index in [4.69, 9.17) is 10.00 Å². The highest BCUT2D eigenvalue weighted by atomic mass is 16.5. The standard InChI is InChI=1S/C14H19N5O2/c1-2-4-16-14(20)12(7-15)6-13-9-19(18-17-13)8-11-3-5-21-10-11/h6,9,11H,2-5,8,10H2,1H3,(H,16,20)/b12-6-. The Morgan fingerprint density at radius 1 is 1.71 bits per heavy atom. The van der Waals surface area contributed by atoms with Crippen molar-refractivity contribution in [3.05, 3.63) is 17.5 Å². The summed E-state index contributed by atoms with van der Waals surface area (Å²) in [5.74, 6) is 0.0740. The number of aromatic nitrogens is 3. The van der Waals surface area contributed by atoms with Crippen molar-refractivity contribution in [2.45, 2.75) is 26.3 Å². The molecule has 2 rings (SSSR count). The Morgan fingerprint density at radius 3 is 3.24 bits per heavy atom. The van der Waals surface area contributed by atoms with E-state index in [1.54, 1.807) is 10.9 Å². The van der Waals surface area contributed by atoms with Crippen LogP contribution in [0.3, 0.4) is 0 Å². The number of nitrogens with zero attached hydrogens (tertiary/aromatic N) is 4. The zero-order valence-electron chi connectivity index (χ0n) is 12.1. The lowest BCUT2D eigenvalue weighted by atomic mass is 10.1. The second kappa shape index (κ2) is 7.55. The molecule has 0 saturated carbocycles. The van der Waals surface area contributed by atoms with Crippen LogP contribution in [0, 0.1) is 17.2 Å². The summed E-state index contributed by atoms with van der Waals surface area (Å²) >= 11 is 0. The lowest BCUT2D eigenvalue weighted by Gasteiger charge is -2.05. The van der Waals surface area contributed by atoms with E-state index in [2.05, 4.69) is 15.6 Å². The Labute approximate surface area is 123 Å². The molecule has 21 heavy (non-hydrogen) atoms. The Morgan fingerprint density at radius 2 is 2.57 bits per heavy atom. The first kappa shape index (κ1) is 15.2. The molecule has 2 heterocycles. The van der Waals surface area contributed by atoms with Gasteiger partial charge in [-0.1, -0.05) is 12.1 Å². The van der Waals surface area contributed by atoms with Crippen LogP contribution in [0.4, 0.5) is 0 Å². The molecular formula is C14H19N5O2. The Hall–Kier alpha value is -2.20. The summed E-state index contributed by atoms with van der Waals surface area (Å²) in [7, 11) is 0. The van der Waals surface area contributed by atoms with E-state index >= 15 is 0 Å². The maximum atomic E-state index is 11.7. The predicted molar refractivity (Wildman–Crippen MR) is 75.8 cm³/mol. The number of hydrogen-bond acceptors (Lipinski definition) is 5. The van der Waals surface area contributed by atoms with Crippen LogP contribution in [0.1, 0.15) is 25.5 Å². The molecule has 0 aliphatic carbocycles. The summed E-state index contributed by atoms with van der Waals surface area (Å²) < 4.78 is 7.04. The van der Waals surface area contributed by atoms with Crippen molar-refractivity contribution in [3.8, 4) is 6.07 Å². The highest BCUT2D eigenvalue weighted by Crippen LogP contribution is 2.14. The van der Waals surface area contributed by atoms with Crippen LogP contribution in [-0.2, 0) is 16.1 Å². The molecule has 1 aliphatic heterocycles. The van der Waals surface area contributed by atoms with Crippen molar-refractivity contribution in [3.63, 3.8) is 0 Å². The van der Waals surface area contributed by atoms with Gasteiger partial charge in [0.2, 0.25) is 0 Å². The first-order valence-corrected chi connectivity index (χ1v) is 7.10. The predicted octanol–water partition coefficient (Wildman–Crippen LogP) is 0.748. The molecule has 0 radical (unpaired) electrons. The quantitative estimate of drug-likeness (QED) is 0.616. The van der Waals surface area contributed by atoms with Crippen LogP contribution < -0.4 is 5.32 Å². The van der Waals surface area contributed by atoms with Gasteiger partial charge in [-0.2, -0.15) is 5.26 Å². The van der Waals surface area contributed by atoms with Crippen molar-refractivity contribution in [1.29, 1.82) is 5.26 Å². The van der Waals surface area contributed by atoms with Crippen LogP contribution in [0.25, 0.3) is 6.08 Å². The van der Waals surface area contributed by atoms with Crippen molar-refractivity contribution < 1.29 is 9.53 Å². The number of ether oxygens (including phenoxy) is 1. The zero-order chi connectivity index (χ0) is 15.1. The Balaban J connectivity index is 2.00. The van der Waals surface area contributed by atoms with Gasteiger partial charge in [0.25, 0.3) is 5.91 Å². The summed E-state index contributed by atoms with van der Waals surface area (Å²) in [4.78, 5) is 11.7. The third kappa shape index (κ3) is 4.39. The van der Waals surface area contributed by atoms with Gasteiger partial charge in [-0.15, -0.1) is 5.10 Å². The van der Waals surface area contributed by atoms with E-state index in [0.29, 0.717) is 18.2 Å². The number of carbonyl (C=O) groups excluding carboxylic acids is 1. The van der Waals surface area contributed by atoms with E-state index in [-0.39, 0.29) is 11.5 Å². The number of hydrogen-bond donors (Lipinski definition) is 1. The average Bonchev–Trinajstić information content (AvgIpc) is 3.14. The summed E-state index contributed by atoms with van der Waals surface area (Å²) in [6, 6.07) is 1.89. The normalized spacial score (nSPS) is 18.5. The molecule has 112 valence electrons. The molecule has 1 aromatic rings. The highest BCUT2D eigenvalue weighted by Gasteiger charge is 2.17. The smallest absolute Gasteiger partial charge is 0.262 e. The lowest BCUT2D eigenvalue weighted by Crippen LogP contribution is -2.25. The Kier molecular flexibility index (Phi) is 5.46. The van der Waals surface area contributed by atoms with Crippen LogP contribution in [0.15, 0.2) is 11.8 Å². The summed E-state index contributed by atoms with van der Waals surface area (Å²) in [5.41, 5.74) is 0.553. The molecule has 1 N–H and O–H groups in total. The minimum atomic E-state index is -0.377. The molecule has 0 aromatic carbocycles. The number of carbonyl (C=O) groups is 1. The topological polar surface area (TPSA) is 92.8 Å². The van der Waals surface area contributed by atoms with Gasteiger partial charge < -0.3 is 10.1 Å². The monoisotopic (exact) mass is 289 g/mol. The third-order valence-corrected chi connectivity index (χ3v) is 3.22. The van der Waals surface area contributed by atoms with Gasteiger partial charge in [0.1, 0.15) is 17.3 Å². The summed E-state index contributed by atoms with van der Waals surface area (Å²) in [6.07, 6.45) is 5.04.